The molecule has 1 aliphatic heterocycles. The highest BCUT2D eigenvalue weighted by atomic mass is 16.5. The molecular weight excluding hydrogens is 216 g/mol. The molecule has 0 spiro atoms. The van der Waals surface area contributed by atoms with Crippen LogP contribution in [0.2, 0.25) is 0 Å². The number of para-hydroxylation sites is 1. The van der Waals surface area contributed by atoms with Crippen molar-refractivity contribution in [2.75, 3.05) is 13.2 Å². The number of fused-ring (bicyclic) bond motifs is 1. The van der Waals surface area contributed by atoms with Crippen molar-refractivity contribution in [3.05, 3.63) is 29.3 Å². The van der Waals surface area contributed by atoms with Gasteiger partial charge in [-0.3, -0.25) is 11.3 Å². The smallest absolute Gasteiger partial charge is 0.127 e. The maximum atomic E-state index is 5.69. The van der Waals surface area contributed by atoms with Gasteiger partial charge in [0.1, 0.15) is 5.75 Å². The zero-order valence-corrected chi connectivity index (χ0v) is 10.4. The minimum absolute atomic E-state index is 0.0145. The Balaban J connectivity index is 2.28. The van der Waals surface area contributed by atoms with Crippen LogP contribution in [0.5, 0.6) is 5.75 Å². The highest BCUT2D eigenvalue weighted by Gasteiger charge is 2.25. The quantitative estimate of drug-likeness (QED) is 0.601. The lowest BCUT2D eigenvalue weighted by Gasteiger charge is -2.25. The molecule has 4 nitrogen and oxygen atoms in total. The lowest BCUT2D eigenvalue weighted by atomic mass is 9.99. The molecule has 0 aromatic heterocycles. The van der Waals surface area contributed by atoms with Crippen molar-refractivity contribution in [1.29, 1.82) is 0 Å². The Morgan fingerprint density at radius 2 is 2.35 bits per heavy atom. The van der Waals surface area contributed by atoms with Gasteiger partial charge >= 0.3 is 0 Å². The van der Waals surface area contributed by atoms with E-state index >= 15 is 0 Å². The van der Waals surface area contributed by atoms with E-state index in [2.05, 4.69) is 11.5 Å². The van der Waals surface area contributed by atoms with Crippen LogP contribution in [-0.4, -0.2) is 19.3 Å². The van der Waals surface area contributed by atoms with Crippen molar-refractivity contribution in [2.45, 2.75) is 32.4 Å². The van der Waals surface area contributed by atoms with Gasteiger partial charge in [0.05, 0.1) is 18.8 Å². The summed E-state index contributed by atoms with van der Waals surface area (Å²) >= 11 is 0. The average Bonchev–Trinajstić information content (AvgIpc) is 2.79. The van der Waals surface area contributed by atoms with E-state index in [9.17, 15) is 0 Å². The summed E-state index contributed by atoms with van der Waals surface area (Å²) in [7, 11) is 0. The first-order valence-electron chi connectivity index (χ1n) is 6.10. The summed E-state index contributed by atoms with van der Waals surface area (Å²) in [4.78, 5) is 0. The van der Waals surface area contributed by atoms with Crippen LogP contribution in [0.4, 0.5) is 0 Å². The Hall–Kier alpha value is -1.10. The summed E-state index contributed by atoms with van der Waals surface area (Å²) in [6, 6.07) is 6.16. The number of ether oxygens (including phenoxy) is 2. The molecule has 0 saturated carbocycles. The van der Waals surface area contributed by atoms with E-state index in [1.54, 1.807) is 0 Å². The fourth-order valence-electron chi connectivity index (χ4n) is 2.32. The molecule has 3 N–H and O–H groups in total. The number of nitrogens with two attached hydrogens (primary N) is 1. The molecule has 0 fully saturated rings. The third-order valence-corrected chi connectivity index (χ3v) is 3.16. The van der Waals surface area contributed by atoms with Crippen molar-refractivity contribution in [3.63, 3.8) is 0 Å². The van der Waals surface area contributed by atoms with Crippen molar-refractivity contribution in [3.8, 4) is 5.75 Å². The van der Waals surface area contributed by atoms with Gasteiger partial charge < -0.3 is 9.47 Å². The SMILES string of the molecule is CCOC(C)C(NN)c1cccc2c1OCC2. The molecule has 0 radical (unpaired) electrons. The molecule has 94 valence electrons. The van der Waals surface area contributed by atoms with E-state index in [4.69, 9.17) is 15.3 Å². The lowest BCUT2D eigenvalue weighted by Crippen LogP contribution is -2.36. The normalized spacial score (nSPS) is 17.4. The molecule has 17 heavy (non-hydrogen) atoms. The predicted molar refractivity (Wildman–Crippen MR) is 66.8 cm³/mol. The predicted octanol–water partition coefficient (Wildman–Crippen LogP) is 1.55. The highest BCUT2D eigenvalue weighted by molar-refractivity contribution is 5.45. The minimum atomic E-state index is -0.0389. The lowest BCUT2D eigenvalue weighted by molar-refractivity contribution is 0.0466. The van der Waals surface area contributed by atoms with Gasteiger partial charge in [0.25, 0.3) is 0 Å². The van der Waals surface area contributed by atoms with Crippen LogP contribution in [0.15, 0.2) is 18.2 Å². The summed E-state index contributed by atoms with van der Waals surface area (Å²) in [6.07, 6.45) is 0.990. The molecule has 2 atom stereocenters. The Morgan fingerprint density at radius 3 is 3.06 bits per heavy atom. The molecule has 0 saturated heterocycles. The third kappa shape index (κ3) is 2.44. The van der Waals surface area contributed by atoms with E-state index < -0.39 is 0 Å². The zero-order chi connectivity index (χ0) is 12.3. The van der Waals surface area contributed by atoms with Gasteiger partial charge in [-0.1, -0.05) is 18.2 Å². The molecule has 0 bridgehead atoms. The van der Waals surface area contributed by atoms with Crippen LogP contribution >= 0.6 is 0 Å². The van der Waals surface area contributed by atoms with Crippen molar-refractivity contribution < 1.29 is 9.47 Å². The number of benzene rings is 1. The third-order valence-electron chi connectivity index (χ3n) is 3.16. The standard InChI is InChI=1S/C13H20N2O2/c1-3-16-9(2)12(15-14)11-6-4-5-10-7-8-17-13(10)11/h4-6,9,12,15H,3,7-8,14H2,1-2H3. The summed E-state index contributed by atoms with van der Waals surface area (Å²) in [5, 5.41) is 0. The first-order valence-corrected chi connectivity index (χ1v) is 6.10. The Labute approximate surface area is 102 Å². The highest BCUT2D eigenvalue weighted by Crippen LogP contribution is 2.34. The van der Waals surface area contributed by atoms with Gasteiger partial charge in [-0.15, -0.1) is 0 Å². The second-order valence-corrected chi connectivity index (χ2v) is 4.24. The number of hydrogen-bond donors (Lipinski definition) is 2. The summed E-state index contributed by atoms with van der Waals surface area (Å²) in [5.41, 5.74) is 5.17. The fraction of sp³-hybridized carbons (Fsp3) is 0.538. The van der Waals surface area contributed by atoms with Crippen LogP contribution in [0.25, 0.3) is 0 Å². The zero-order valence-electron chi connectivity index (χ0n) is 10.4. The monoisotopic (exact) mass is 236 g/mol. The molecule has 0 amide bonds. The molecule has 0 aliphatic carbocycles. The maximum absolute atomic E-state index is 5.69. The van der Waals surface area contributed by atoms with Gasteiger partial charge in [0.15, 0.2) is 0 Å². The molecule has 1 aromatic rings. The molecule has 2 rings (SSSR count). The summed E-state index contributed by atoms with van der Waals surface area (Å²) in [6.45, 7) is 5.43. The van der Waals surface area contributed by atoms with E-state index in [0.717, 1.165) is 24.3 Å². The Bertz CT molecular complexity index is 382. The molecule has 4 heteroatoms. The van der Waals surface area contributed by atoms with Gasteiger partial charge in [0.2, 0.25) is 0 Å². The number of hydrogen-bond acceptors (Lipinski definition) is 4. The van der Waals surface area contributed by atoms with Crippen LogP contribution in [-0.2, 0) is 11.2 Å². The van der Waals surface area contributed by atoms with E-state index in [-0.39, 0.29) is 12.1 Å². The molecule has 2 unspecified atom stereocenters. The van der Waals surface area contributed by atoms with E-state index in [0.29, 0.717) is 6.61 Å². The second kappa shape index (κ2) is 5.49. The second-order valence-electron chi connectivity index (χ2n) is 4.24. The first kappa shape index (κ1) is 12.4. The summed E-state index contributed by atoms with van der Waals surface area (Å²) < 4.78 is 11.3. The van der Waals surface area contributed by atoms with E-state index in [1.165, 1.54) is 5.56 Å². The molecule has 1 aliphatic rings. The van der Waals surface area contributed by atoms with Crippen molar-refractivity contribution in [1.82, 2.24) is 5.43 Å². The topological polar surface area (TPSA) is 56.5 Å². The van der Waals surface area contributed by atoms with Gasteiger partial charge in [-0.25, -0.2) is 0 Å². The average molecular weight is 236 g/mol. The first-order chi connectivity index (χ1) is 8.27. The fourth-order valence-corrected chi connectivity index (χ4v) is 2.32. The summed E-state index contributed by atoms with van der Waals surface area (Å²) in [5.74, 6) is 6.62. The van der Waals surface area contributed by atoms with Gasteiger partial charge in [-0.05, 0) is 19.4 Å². The maximum Gasteiger partial charge on any atom is 0.127 e. The minimum Gasteiger partial charge on any atom is -0.493 e. The van der Waals surface area contributed by atoms with Crippen LogP contribution in [0.3, 0.4) is 0 Å². The van der Waals surface area contributed by atoms with Crippen LogP contribution < -0.4 is 16.0 Å². The number of hydrazine groups is 1. The molecular formula is C13H20N2O2. The largest absolute Gasteiger partial charge is 0.493 e. The van der Waals surface area contributed by atoms with Crippen LogP contribution in [0.1, 0.15) is 31.0 Å². The Kier molecular flexibility index (Phi) is 3.99. The van der Waals surface area contributed by atoms with Crippen molar-refractivity contribution in [2.24, 2.45) is 5.84 Å². The van der Waals surface area contributed by atoms with Gasteiger partial charge in [0, 0.05) is 18.6 Å². The van der Waals surface area contributed by atoms with Crippen molar-refractivity contribution >= 4 is 0 Å². The number of rotatable bonds is 5. The van der Waals surface area contributed by atoms with E-state index in [1.807, 2.05) is 26.0 Å². The number of nitrogens with one attached hydrogen (secondary N) is 1. The molecule has 1 aromatic carbocycles. The molecule has 1 heterocycles. The van der Waals surface area contributed by atoms with Gasteiger partial charge in [-0.2, -0.15) is 0 Å². The Morgan fingerprint density at radius 1 is 1.53 bits per heavy atom. The van der Waals surface area contributed by atoms with Crippen LogP contribution in [0, 0.1) is 0 Å².